The van der Waals surface area contributed by atoms with Crippen LogP contribution in [0.25, 0.3) is 0 Å². The number of carboxylic acid groups (broad SMARTS) is 1. The van der Waals surface area contributed by atoms with E-state index in [0.717, 1.165) is 27.8 Å². The number of hydrogen-bond donors (Lipinski definition) is 4. The fourth-order valence-electron chi connectivity index (χ4n) is 6.25. The fourth-order valence-corrected chi connectivity index (χ4v) is 6.67. The third kappa shape index (κ3) is 17.8. The molecule has 0 aliphatic carbocycles. The number of aliphatic carboxylic acids is 1. The molecule has 64 heavy (non-hydrogen) atoms. The largest absolute Gasteiger partial charge is 0.490 e. The summed E-state index contributed by atoms with van der Waals surface area (Å²) in [5, 5.41) is 18.6. The molecule has 0 radical (unpaired) electrons. The third-order valence-electron chi connectivity index (χ3n) is 9.34. The van der Waals surface area contributed by atoms with Crippen molar-refractivity contribution in [3.63, 3.8) is 0 Å². The standard InChI is InChI=1S/C30H31ClN2O5.C20H20ClNO4/c1-3-16-38-25-14-12-22(13-15-25)18-26(32-28(34)20-23-10-7-11-24(31)17-23)29(35)33-27(30(36)37-2)19-21-8-5-4-6-9-21;1-2-10-26-17-8-6-14(7-9-17)12-18(20(24)25)22-19(23)13-15-4-3-5-16(21)11-15/h3-15,17,26-27H,1,16,18-20H2,2H3,(H,32,34)(H,33,35);2-9,11,18H,1,10,12-13H2,(H,22,23)(H,24,25)/t26-,27-;18-/m00/s1. The lowest BCUT2D eigenvalue weighted by Crippen LogP contribution is -2.53. The fraction of sp³-hybridized carbons (Fsp3) is 0.220. The molecule has 0 spiro atoms. The van der Waals surface area contributed by atoms with Crippen LogP contribution in [0.15, 0.2) is 153 Å². The zero-order valence-electron chi connectivity index (χ0n) is 35.3. The van der Waals surface area contributed by atoms with E-state index in [2.05, 4.69) is 29.1 Å². The Bertz CT molecular complexity index is 2320. The minimum Gasteiger partial charge on any atom is -0.490 e. The second-order valence-electron chi connectivity index (χ2n) is 14.4. The molecule has 3 atom stereocenters. The van der Waals surface area contributed by atoms with E-state index >= 15 is 0 Å². The first kappa shape index (κ1) is 49.8. The number of rotatable bonds is 22. The molecule has 0 bridgehead atoms. The molecule has 5 aromatic rings. The van der Waals surface area contributed by atoms with Gasteiger partial charge in [-0.25, -0.2) is 9.59 Å². The van der Waals surface area contributed by atoms with Crippen LogP contribution in [0.5, 0.6) is 11.5 Å². The molecular formula is C50H51Cl2N3O9. The molecule has 0 saturated heterocycles. The van der Waals surface area contributed by atoms with Crippen LogP contribution in [-0.2, 0) is 60.8 Å². The van der Waals surface area contributed by atoms with Crippen molar-refractivity contribution >= 4 is 52.9 Å². The van der Waals surface area contributed by atoms with Crippen molar-refractivity contribution in [3.05, 3.63) is 191 Å². The zero-order valence-corrected chi connectivity index (χ0v) is 36.9. The van der Waals surface area contributed by atoms with Gasteiger partial charge in [-0.15, -0.1) is 0 Å². The second-order valence-corrected chi connectivity index (χ2v) is 15.2. The Morgan fingerprint density at radius 1 is 0.562 bits per heavy atom. The Balaban J connectivity index is 0.000000301. The van der Waals surface area contributed by atoms with Crippen LogP contribution in [-0.4, -0.2) is 73.2 Å². The van der Waals surface area contributed by atoms with E-state index in [4.69, 9.17) is 37.4 Å². The van der Waals surface area contributed by atoms with Crippen LogP contribution >= 0.6 is 23.2 Å². The first-order chi connectivity index (χ1) is 30.8. The summed E-state index contributed by atoms with van der Waals surface area (Å²) in [4.78, 5) is 62.5. The number of nitrogens with one attached hydrogen (secondary N) is 3. The highest BCUT2D eigenvalue weighted by Gasteiger charge is 2.28. The lowest BCUT2D eigenvalue weighted by molar-refractivity contribution is -0.145. The first-order valence-corrected chi connectivity index (χ1v) is 21.0. The van der Waals surface area contributed by atoms with Crippen LogP contribution in [0.2, 0.25) is 10.0 Å². The van der Waals surface area contributed by atoms with Gasteiger partial charge in [0.15, 0.2) is 0 Å². The molecule has 0 aromatic heterocycles. The summed E-state index contributed by atoms with van der Waals surface area (Å²) in [6.45, 7) is 7.98. The lowest BCUT2D eigenvalue weighted by atomic mass is 10.0. The molecule has 0 fully saturated rings. The van der Waals surface area contributed by atoms with E-state index in [-0.39, 0.29) is 43.9 Å². The van der Waals surface area contributed by atoms with Crippen molar-refractivity contribution in [3.8, 4) is 11.5 Å². The minimum absolute atomic E-state index is 0.0448. The molecule has 3 amide bonds. The van der Waals surface area contributed by atoms with Crippen LogP contribution in [0.1, 0.15) is 27.8 Å². The highest BCUT2D eigenvalue weighted by Crippen LogP contribution is 2.17. The zero-order chi connectivity index (χ0) is 46.3. The van der Waals surface area contributed by atoms with Gasteiger partial charge in [0.1, 0.15) is 42.8 Å². The van der Waals surface area contributed by atoms with Gasteiger partial charge in [-0.2, -0.15) is 0 Å². The maximum Gasteiger partial charge on any atom is 0.328 e. The molecule has 0 aliphatic rings. The van der Waals surface area contributed by atoms with Gasteiger partial charge in [0.25, 0.3) is 0 Å². The Morgan fingerprint density at radius 2 is 0.984 bits per heavy atom. The summed E-state index contributed by atoms with van der Waals surface area (Å²) in [7, 11) is 1.27. The number of carbonyl (C=O) groups is 5. The molecule has 334 valence electrons. The first-order valence-electron chi connectivity index (χ1n) is 20.2. The van der Waals surface area contributed by atoms with Crippen molar-refractivity contribution in [2.24, 2.45) is 0 Å². The molecule has 0 saturated carbocycles. The third-order valence-corrected chi connectivity index (χ3v) is 9.81. The summed E-state index contributed by atoms with van der Waals surface area (Å²) < 4.78 is 15.8. The molecule has 0 aliphatic heterocycles. The molecule has 5 aromatic carbocycles. The number of ether oxygens (including phenoxy) is 3. The molecule has 0 unspecified atom stereocenters. The SMILES string of the molecule is C=CCOc1ccc(C[C@H](NC(=O)Cc2cccc(Cl)c2)C(=O)N[C@@H](Cc2ccccc2)C(=O)OC)cc1.C=CCOc1ccc(C[C@H](NC(=O)Cc2cccc(Cl)c2)C(=O)O)cc1. The smallest absolute Gasteiger partial charge is 0.328 e. The Labute approximate surface area is 383 Å². The number of esters is 1. The van der Waals surface area contributed by atoms with Crippen LogP contribution < -0.4 is 25.4 Å². The number of carboxylic acids is 1. The van der Waals surface area contributed by atoms with Gasteiger partial charge in [-0.3, -0.25) is 14.4 Å². The maximum absolute atomic E-state index is 13.4. The number of amides is 3. The molecule has 5 rings (SSSR count). The topological polar surface area (TPSA) is 169 Å². The van der Waals surface area contributed by atoms with Crippen LogP contribution in [0, 0.1) is 0 Å². The van der Waals surface area contributed by atoms with Gasteiger partial charge in [0.05, 0.1) is 20.0 Å². The summed E-state index contributed by atoms with van der Waals surface area (Å²) in [5.74, 6) is -1.55. The molecule has 14 heteroatoms. The second kappa shape index (κ2) is 26.6. The summed E-state index contributed by atoms with van der Waals surface area (Å²) in [5.41, 5.74) is 3.89. The number of benzene rings is 5. The monoisotopic (exact) mass is 907 g/mol. The van der Waals surface area contributed by atoms with Crippen molar-refractivity contribution in [2.75, 3.05) is 20.3 Å². The highest BCUT2D eigenvalue weighted by atomic mass is 35.5. The summed E-state index contributed by atoms with van der Waals surface area (Å²) >= 11 is 11.9. The summed E-state index contributed by atoms with van der Waals surface area (Å²) in [6.07, 6.45) is 4.03. The normalized spacial score (nSPS) is 11.8. The number of carbonyl (C=O) groups excluding carboxylic acids is 4. The lowest BCUT2D eigenvalue weighted by Gasteiger charge is -2.23. The predicted molar refractivity (Wildman–Crippen MR) is 248 cm³/mol. The van der Waals surface area contributed by atoms with Gasteiger partial charge in [0.2, 0.25) is 17.7 Å². The predicted octanol–water partition coefficient (Wildman–Crippen LogP) is 7.33. The van der Waals surface area contributed by atoms with E-state index in [9.17, 15) is 29.1 Å². The maximum atomic E-state index is 13.4. The van der Waals surface area contributed by atoms with E-state index in [1.54, 1.807) is 97.1 Å². The highest BCUT2D eigenvalue weighted by molar-refractivity contribution is 6.31. The number of hydrogen-bond acceptors (Lipinski definition) is 8. The molecule has 0 heterocycles. The molecular weight excluding hydrogens is 857 g/mol. The van der Waals surface area contributed by atoms with Crippen molar-refractivity contribution < 1.29 is 43.3 Å². The van der Waals surface area contributed by atoms with Crippen LogP contribution in [0.4, 0.5) is 0 Å². The Hall–Kier alpha value is -6.89. The van der Waals surface area contributed by atoms with Gasteiger partial charge in [-0.1, -0.05) is 127 Å². The average molecular weight is 909 g/mol. The Morgan fingerprint density at radius 3 is 1.42 bits per heavy atom. The van der Waals surface area contributed by atoms with Crippen molar-refractivity contribution in [1.29, 1.82) is 0 Å². The minimum atomic E-state index is -1.09. The quantitative estimate of drug-likeness (QED) is 0.0410. The average Bonchev–Trinajstić information content (AvgIpc) is 3.28. The Kier molecular flexibility index (Phi) is 20.6. The van der Waals surface area contributed by atoms with Crippen molar-refractivity contribution in [1.82, 2.24) is 16.0 Å². The summed E-state index contributed by atoms with van der Waals surface area (Å²) in [6, 6.07) is 34.6. The van der Waals surface area contributed by atoms with Gasteiger partial charge >= 0.3 is 11.9 Å². The van der Waals surface area contributed by atoms with E-state index < -0.39 is 36.0 Å². The van der Waals surface area contributed by atoms with E-state index in [1.165, 1.54) is 7.11 Å². The molecule has 4 N–H and O–H groups in total. The van der Waals surface area contributed by atoms with Crippen LogP contribution in [0.3, 0.4) is 0 Å². The van der Waals surface area contributed by atoms with Crippen molar-refractivity contribution in [2.45, 2.75) is 50.2 Å². The van der Waals surface area contributed by atoms with Gasteiger partial charge < -0.3 is 35.3 Å². The van der Waals surface area contributed by atoms with E-state index in [1.807, 2.05) is 42.5 Å². The van der Waals surface area contributed by atoms with E-state index in [0.29, 0.717) is 34.8 Å². The van der Waals surface area contributed by atoms with Gasteiger partial charge in [-0.05, 0) is 76.3 Å². The number of halogens is 2. The van der Waals surface area contributed by atoms with Gasteiger partial charge in [0, 0.05) is 29.3 Å². The molecule has 12 nitrogen and oxygen atoms in total. The number of methoxy groups -OCH3 is 1.